The van der Waals surface area contributed by atoms with Gasteiger partial charge in [-0.2, -0.15) is 4.31 Å². The van der Waals surface area contributed by atoms with Gasteiger partial charge in [0.05, 0.1) is 11.4 Å². The van der Waals surface area contributed by atoms with Gasteiger partial charge in [-0.05, 0) is 35.7 Å². The molecule has 4 rings (SSSR count). The highest BCUT2D eigenvalue weighted by molar-refractivity contribution is 7.89. The number of benzene rings is 1. The standard InChI is InChI=1S/C19H20ClN3O4S2/c20-14-3-5-16(6-4-14)29(25,26)23-9-7-19(8-10-23)12-17(22-27-19)18(24)21-13-15-2-1-11-28-15/h1-6,11H,7-10,12-13H2,(H,21,24). The molecule has 2 aromatic rings. The van der Waals surface area contributed by atoms with Gasteiger partial charge in [-0.1, -0.05) is 22.8 Å². The van der Waals surface area contributed by atoms with Crippen molar-refractivity contribution < 1.29 is 18.0 Å². The molecule has 1 spiro atoms. The molecule has 1 N–H and O–H groups in total. The predicted molar refractivity (Wildman–Crippen MR) is 111 cm³/mol. The van der Waals surface area contributed by atoms with Gasteiger partial charge in [-0.25, -0.2) is 8.42 Å². The Hall–Kier alpha value is -1.94. The Morgan fingerprint density at radius 3 is 2.62 bits per heavy atom. The molecule has 1 amide bonds. The van der Waals surface area contributed by atoms with E-state index in [2.05, 4.69) is 10.5 Å². The van der Waals surface area contributed by atoms with Crippen LogP contribution in [-0.2, 0) is 26.2 Å². The fourth-order valence-corrected chi connectivity index (χ4v) is 5.70. The smallest absolute Gasteiger partial charge is 0.269 e. The molecule has 2 aliphatic heterocycles. The molecular formula is C19H20ClN3O4S2. The van der Waals surface area contributed by atoms with Crippen molar-refractivity contribution in [3.8, 4) is 0 Å². The van der Waals surface area contributed by atoms with Crippen LogP contribution in [-0.4, -0.2) is 43.0 Å². The van der Waals surface area contributed by atoms with Gasteiger partial charge in [-0.15, -0.1) is 11.3 Å². The molecule has 0 bridgehead atoms. The lowest BCUT2D eigenvalue weighted by Gasteiger charge is -2.36. The van der Waals surface area contributed by atoms with E-state index in [1.54, 1.807) is 23.5 Å². The minimum atomic E-state index is -3.59. The highest BCUT2D eigenvalue weighted by Gasteiger charge is 2.45. The van der Waals surface area contributed by atoms with E-state index in [-0.39, 0.29) is 10.8 Å². The second-order valence-corrected chi connectivity index (χ2v) is 10.5. The van der Waals surface area contributed by atoms with Gasteiger partial charge < -0.3 is 10.2 Å². The lowest BCUT2D eigenvalue weighted by molar-refractivity contribution is -0.115. The summed E-state index contributed by atoms with van der Waals surface area (Å²) in [7, 11) is -3.59. The number of nitrogens with one attached hydrogen (secondary N) is 1. The van der Waals surface area contributed by atoms with E-state index >= 15 is 0 Å². The third-order valence-corrected chi connectivity index (χ3v) is 8.23. The molecule has 3 heterocycles. The number of sulfonamides is 1. The van der Waals surface area contributed by atoms with E-state index < -0.39 is 15.6 Å². The topological polar surface area (TPSA) is 88.1 Å². The van der Waals surface area contributed by atoms with Crippen LogP contribution in [0.3, 0.4) is 0 Å². The van der Waals surface area contributed by atoms with Crippen molar-refractivity contribution in [1.29, 1.82) is 0 Å². The SMILES string of the molecule is O=C(NCc1cccs1)C1=NOC2(CCN(S(=O)(=O)c3ccc(Cl)cc3)CC2)C1. The normalized spacial score (nSPS) is 19.0. The lowest BCUT2D eigenvalue weighted by atomic mass is 9.87. The summed E-state index contributed by atoms with van der Waals surface area (Å²) < 4.78 is 27.1. The van der Waals surface area contributed by atoms with Crippen LogP contribution in [0.1, 0.15) is 24.1 Å². The van der Waals surface area contributed by atoms with E-state index in [1.807, 2.05) is 17.5 Å². The fourth-order valence-electron chi connectivity index (χ4n) is 3.48. The lowest BCUT2D eigenvalue weighted by Crippen LogP contribution is -2.47. The number of nitrogens with zero attached hydrogens (tertiary/aromatic N) is 2. The van der Waals surface area contributed by atoms with Gasteiger partial charge in [0.15, 0.2) is 0 Å². The summed E-state index contributed by atoms with van der Waals surface area (Å²) in [6, 6.07) is 10.0. The summed E-state index contributed by atoms with van der Waals surface area (Å²) in [5, 5.41) is 9.29. The Morgan fingerprint density at radius 2 is 1.97 bits per heavy atom. The van der Waals surface area contributed by atoms with Gasteiger partial charge in [0, 0.05) is 42.3 Å². The van der Waals surface area contributed by atoms with E-state index in [1.165, 1.54) is 16.4 Å². The molecule has 154 valence electrons. The number of piperidine rings is 1. The summed E-state index contributed by atoms with van der Waals surface area (Å²) in [6.07, 6.45) is 1.34. The zero-order valence-corrected chi connectivity index (χ0v) is 17.9. The highest BCUT2D eigenvalue weighted by Crippen LogP contribution is 2.36. The molecule has 0 saturated carbocycles. The molecule has 1 saturated heterocycles. The van der Waals surface area contributed by atoms with Gasteiger partial charge in [-0.3, -0.25) is 4.79 Å². The van der Waals surface area contributed by atoms with Crippen LogP contribution >= 0.6 is 22.9 Å². The van der Waals surface area contributed by atoms with Crippen molar-refractivity contribution in [1.82, 2.24) is 9.62 Å². The van der Waals surface area contributed by atoms with Crippen LogP contribution in [0.2, 0.25) is 5.02 Å². The molecule has 2 aliphatic rings. The molecular weight excluding hydrogens is 434 g/mol. The zero-order chi connectivity index (χ0) is 20.5. The van der Waals surface area contributed by atoms with E-state index in [0.717, 1.165) is 4.88 Å². The zero-order valence-electron chi connectivity index (χ0n) is 15.5. The number of thiophene rings is 1. The van der Waals surface area contributed by atoms with Crippen LogP contribution in [0, 0.1) is 0 Å². The van der Waals surface area contributed by atoms with Crippen LogP contribution in [0.5, 0.6) is 0 Å². The maximum atomic E-state index is 12.8. The van der Waals surface area contributed by atoms with Gasteiger partial charge in [0.1, 0.15) is 11.3 Å². The monoisotopic (exact) mass is 453 g/mol. The van der Waals surface area contributed by atoms with Crippen LogP contribution in [0.4, 0.5) is 0 Å². The molecule has 0 radical (unpaired) electrons. The maximum Gasteiger partial charge on any atom is 0.269 e. The van der Waals surface area contributed by atoms with Crippen molar-refractivity contribution in [3.63, 3.8) is 0 Å². The van der Waals surface area contributed by atoms with E-state index in [0.29, 0.717) is 49.6 Å². The number of carbonyl (C=O) groups is 1. The summed E-state index contributed by atoms with van der Waals surface area (Å²) in [4.78, 5) is 19.3. The number of amides is 1. The Morgan fingerprint density at radius 1 is 1.24 bits per heavy atom. The van der Waals surface area contributed by atoms with Crippen LogP contribution in [0.25, 0.3) is 0 Å². The predicted octanol–water partition coefficient (Wildman–Crippen LogP) is 3.02. The van der Waals surface area contributed by atoms with Gasteiger partial charge in [0.2, 0.25) is 10.0 Å². The van der Waals surface area contributed by atoms with Crippen LogP contribution < -0.4 is 5.32 Å². The van der Waals surface area contributed by atoms with Gasteiger partial charge >= 0.3 is 0 Å². The number of rotatable bonds is 5. The average molecular weight is 454 g/mol. The molecule has 0 atom stereocenters. The molecule has 29 heavy (non-hydrogen) atoms. The molecule has 10 heteroatoms. The number of carbonyl (C=O) groups excluding carboxylic acids is 1. The molecule has 1 fully saturated rings. The Bertz CT molecular complexity index is 1010. The summed E-state index contributed by atoms with van der Waals surface area (Å²) in [5.41, 5.74) is -0.252. The third kappa shape index (κ3) is 4.32. The van der Waals surface area contributed by atoms with Crippen molar-refractivity contribution in [2.24, 2.45) is 5.16 Å². The number of oxime groups is 1. The van der Waals surface area contributed by atoms with Gasteiger partial charge in [0.25, 0.3) is 5.91 Å². The molecule has 0 aliphatic carbocycles. The Labute approximate surface area is 178 Å². The summed E-state index contributed by atoms with van der Waals surface area (Å²) in [6.45, 7) is 1.07. The first-order chi connectivity index (χ1) is 13.9. The second-order valence-electron chi connectivity index (χ2n) is 7.11. The minimum absolute atomic E-state index is 0.218. The third-order valence-electron chi connectivity index (χ3n) is 5.19. The average Bonchev–Trinajstić information content (AvgIpc) is 3.37. The number of halogens is 1. The van der Waals surface area contributed by atoms with Crippen molar-refractivity contribution >= 4 is 44.6 Å². The number of hydrogen-bond donors (Lipinski definition) is 1. The highest BCUT2D eigenvalue weighted by atomic mass is 35.5. The quantitative estimate of drug-likeness (QED) is 0.753. The summed E-state index contributed by atoms with van der Waals surface area (Å²) >= 11 is 7.43. The first-order valence-electron chi connectivity index (χ1n) is 9.19. The van der Waals surface area contributed by atoms with Crippen molar-refractivity contribution in [2.45, 2.75) is 36.3 Å². The Kier molecular flexibility index (Phi) is 5.65. The first-order valence-corrected chi connectivity index (χ1v) is 11.9. The fraction of sp³-hybridized carbons (Fsp3) is 0.368. The van der Waals surface area contributed by atoms with Crippen molar-refractivity contribution in [2.75, 3.05) is 13.1 Å². The largest absolute Gasteiger partial charge is 0.388 e. The first kappa shape index (κ1) is 20.3. The molecule has 1 aromatic carbocycles. The maximum absolute atomic E-state index is 12.8. The number of hydrogen-bond acceptors (Lipinski definition) is 6. The van der Waals surface area contributed by atoms with E-state index in [4.69, 9.17) is 16.4 Å². The van der Waals surface area contributed by atoms with E-state index in [9.17, 15) is 13.2 Å². The minimum Gasteiger partial charge on any atom is -0.388 e. The molecule has 1 aromatic heterocycles. The molecule has 7 nitrogen and oxygen atoms in total. The van der Waals surface area contributed by atoms with Crippen LogP contribution in [0.15, 0.2) is 51.8 Å². The van der Waals surface area contributed by atoms with Crippen molar-refractivity contribution in [3.05, 3.63) is 51.7 Å². The second kappa shape index (κ2) is 8.06. The molecule has 0 unspecified atom stereocenters. The summed E-state index contributed by atoms with van der Waals surface area (Å²) in [5.74, 6) is -0.244. The Balaban J connectivity index is 1.34.